The van der Waals surface area contributed by atoms with Gasteiger partial charge in [-0.05, 0) is 42.7 Å². The number of esters is 1. The van der Waals surface area contributed by atoms with Crippen LogP contribution in [0.5, 0.6) is 0 Å². The molecule has 1 heterocycles. The first kappa shape index (κ1) is 35.7. The van der Waals surface area contributed by atoms with Gasteiger partial charge >= 0.3 is 5.97 Å². The highest BCUT2D eigenvalue weighted by Gasteiger charge is 2.31. The molecule has 2 aromatic carbocycles. The molecule has 45 heavy (non-hydrogen) atoms. The molecule has 246 valence electrons. The molecular formula is C35H50N4O6. The minimum absolute atomic E-state index is 0.0730. The van der Waals surface area contributed by atoms with Crippen LogP contribution in [0.3, 0.4) is 0 Å². The van der Waals surface area contributed by atoms with Gasteiger partial charge in [-0.3, -0.25) is 19.3 Å². The first-order valence-corrected chi connectivity index (χ1v) is 16.2. The molecule has 3 amide bonds. The summed E-state index contributed by atoms with van der Waals surface area (Å²) in [7, 11) is 0. The van der Waals surface area contributed by atoms with E-state index in [9.17, 15) is 19.2 Å². The summed E-state index contributed by atoms with van der Waals surface area (Å²) in [6.45, 7) is 8.79. The Hall–Kier alpha value is -3.76. The second kappa shape index (κ2) is 19.6. The van der Waals surface area contributed by atoms with Crippen LogP contribution in [-0.4, -0.2) is 86.2 Å². The number of hydrogen-bond donors (Lipinski definition) is 3. The minimum atomic E-state index is -0.912. The van der Waals surface area contributed by atoms with Crippen LogP contribution < -0.4 is 16.0 Å². The van der Waals surface area contributed by atoms with Crippen molar-refractivity contribution in [2.75, 3.05) is 39.5 Å². The van der Waals surface area contributed by atoms with Crippen molar-refractivity contribution in [2.24, 2.45) is 5.92 Å². The van der Waals surface area contributed by atoms with E-state index in [4.69, 9.17) is 9.47 Å². The largest absolute Gasteiger partial charge is 0.464 e. The molecule has 1 saturated heterocycles. The highest BCUT2D eigenvalue weighted by molar-refractivity contribution is 5.93. The molecule has 0 aromatic heterocycles. The Balaban J connectivity index is 1.73. The van der Waals surface area contributed by atoms with E-state index in [0.29, 0.717) is 45.6 Å². The molecule has 0 spiro atoms. The predicted molar refractivity (Wildman–Crippen MR) is 173 cm³/mol. The van der Waals surface area contributed by atoms with Gasteiger partial charge in [0.25, 0.3) is 0 Å². The Bertz CT molecular complexity index is 1190. The molecule has 0 aliphatic carbocycles. The van der Waals surface area contributed by atoms with Crippen LogP contribution in [0, 0.1) is 5.92 Å². The normalized spacial score (nSPS) is 15.5. The third-order valence-electron chi connectivity index (χ3n) is 7.65. The molecule has 2 aromatic rings. The van der Waals surface area contributed by atoms with Crippen molar-refractivity contribution in [1.29, 1.82) is 0 Å². The Morgan fingerprint density at radius 2 is 1.42 bits per heavy atom. The first-order valence-electron chi connectivity index (χ1n) is 16.2. The third-order valence-corrected chi connectivity index (χ3v) is 7.65. The molecule has 1 aliphatic rings. The minimum Gasteiger partial charge on any atom is -0.464 e. The number of aryl methyl sites for hydroxylation is 1. The Labute approximate surface area is 267 Å². The molecule has 3 N–H and O–H groups in total. The second-order valence-corrected chi connectivity index (χ2v) is 12.0. The summed E-state index contributed by atoms with van der Waals surface area (Å²) in [4.78, 5) is 55.5. The van der Waals surface area contributed by atoms with Crippen molar-refractivity contribution in [3.8, 4) is 0 Å². The van der Waals surface area contributed by atoms with Crippen LogP contribution >= 0.6 is 0 Å². The number of nitrogens with one attached hydrogen (secondary N) is 3. The number of carbonyl (C=O) groups excluding carboxylic acids is 4. The van der Waals surface area contributed by atoms with E-state index in [1.165, 1.54) is 0 Å². The maximum atomic E-state index is 13.7. The van der Waals surface area contributed by atoms with E-state index in [1.807, 2.05) is 86.3 Å². The van der Waals surface area contributed by atoms with Gasteiger partial charge in [0.1, 0.15) is 18.1 Å². The summed E-state index contributed by atoms with van der Waals surface area (Å²) in [6.07, 6.45) is 3.15. The molecule has 3 atom stereocenters. The maximum Gasteiger partial charge on any atom is 0.328 e. The van der Waals surface area contributed by atoms with E-state index in [0.717, 1.165) is 24.0 Å². The Kier molecular flexibility index (Phi) is 15.5. The molecule has 1 fully saturated rings. The van der Waals surface area contributed by atoms with Crippen molar-refractivity contribution in [1.82, 2.24) is 20.9 Å². The van der Waals surface area contributed by atoms with Gasteiger partial charge in [-0.15, -0.1) is 0 Å². The number of unbranched alkanes of at least 4 members (excludes halogenated alkanes) is 1. The Morgan fingerprint density at radius 3 is 2.04 bits per heavy atom. The van der Waals surface area contributed by atoms with Crippen LogP contribution in [0.2, 0.25) is 0 Å². The second-order valence-electron chi connectivity index (χ2n) is 12.0. The summed E-state index contributed by atoms with van der Waals surface area (Å²) >= 11 is 0. The van der Waals surface area contributed by atoms with E-state index in [-0.39, 0.29) is 31.4 Å². The number of ether oxygens (including phenoxy) is 2. The topological polar surface area (TPSA) is 126 Å². The summed E-state index contributed by atoms with van der Waals surface area (Å²) in [6, 6.07) is 16.5. The number of benzene rings is 2. The van der Waals surface area contributed by atoms with Crippen LogP contribution in [0.1, 0.15) is 57.6 Å². The molecule has 3 rings (SSSR count). The molecule has 10 nitrogen and oxygen atoms in total. The summed E-state index contributed by atoms with van der Waals surface area (Å²) < 4.78 is 10.9. The lowest BCUT2D eigenvalue weighted by molar-refractivity contribution is -0.148. The zero-order chi connectivity index (χ0) is 32.4. The van der Waals surface area contributed by atoms with E-state index >= 15 is 0 Å². The van der Waals surface area contributed by atoms with Gasteiger partial charge in [0.15, 0.2) is 0 Å². The van der Waals surface area contributed by atoms with Gasteiger partial charge in [-0.1, -0.05) is 87.9 Å². The van der Waals surface area contributed by atoms with Crippen molar-refractivity contribution >= 4 is 23.7 Å². The number of amides is 3. The van der Waals surface area contributed by atoms with Gasteiger partial charge in [0, 0.05) is 19.5 Å². The average Bonchev–Trinajstić information content (AvgIpc) is 3.03. The molecule has 0 unspecified atom stereocenters. The molecular weight excluding hydrogens is 572 g/mol. The average molecular weight is 623 g/mol. The summed E-state index contributed by atoms with van der Waals surface area (Å²) in [5, 5.41) is 8.68. The molecule has 1 aliphatic heterocycles. The number of morpholine rings is 1. The van der Waals surface area contributed by atoms with Gasteiger partial charge in [0.05, 0.1) is 26.4 Å². The smallest absolute Gasteiger partial charge is 0.328 e. The zero-order valence-corrected chi connectivity index (χ0v) is 27.0. The molecule has 10 heteroatoms. The van der Waals surface area contributed by atoms with Crippen molar-refractivity contribution in [3.63, 3.8) is 0 Å². The SMILES string of the molecule is CCCCOC(=O)[C@H](Cc1ccccc1)NC(=O)[C@H](CC(C)C)NC(=O)[C@H](CCc1ccccc1)NC(=O)CN1CCOCC1. The third kappa shape index (κ3) is 13.4. The quantitative estimate of drug-likeness (QED) is 0.172. The van der Waals surface area contributed by atoms with Crippen LogP contribution in [0.25, 0.3) is 0 Å². The predicted octanol–water partition coefficient (Wildman–Crippen LogP) is 3.04. The van der Waals surface area contributed by atoms with Crippen LogP contribution in [0.4, 0.5) is 0 Å². The van der Waals surface area contributed by atoms with Gasteiger partial charge in [0.2, 0.25) is 17.7 Å². The monoisotopic (exact) mass is 622 g/mol. The van der Waals surface area contributed by atoms with Crippen molar-refractivity contribution in [3.05, 3.63) is 71.8 Å². The number of nitrogens with zero attached hydrogens (tertiary/aromatic N) is 1. The molecule has 0 saturated carbocycles. The van der Waals surface area contributed by atoms with Gasteiger partial charge in [-0.25, -0.2) is 4.79 Å². The van der Waals surface area contributed by atoms with E-state index in [2.05, 4.69) is 16.0 Å². The standard InChI is InChI=1S/C35H50N4O6/c1-4-5-20-45-35(43)31(24-28-14-10-7-11-15-28)38-34(42)30(23-26(2)3)37-33(41)29(17-16-27-12-8-6-9-13-27)36-32(40)25-39-18-21-44-22-19-39/h6-15,26,29-31H,4-5,16-25H2,1-3H3,(H,36,40)(H,37,41)(H,38,42)/t29-,30-,31-/m0/s1. The summed E-state index contributed by atoms with van der Waals surface area (Å²) in [5.41, 5.74) is 1.92. The highest BCUT2D eigenvalue weighted by atomic mass is 16.5. The fourth-order valence-electron chi connectivity index (χ4n) is 5.14. The van der Waals surface area contributed by atoms with Crippen LogP contribution in [-0.2, 0) is 41.5 Å². The van der Waals surface area contributed by atoms with Gasteiger partial charge < -0.3 is 25.4 Å². The fraction of sp³-hybridized carbons (Fsp3) is 0.543. The van der Waals surface area contributed by atoms with E-state index < -0.39 is 35.9 Å². The number of hydrogen-bond acceptors (Lipinski definition) is 7. The van der Waals surface area contributed by atoms with E-state index in [1.54, 1.807) is 0 Å². The van der Waals surface area contributed by atoms with Crippen molar-refractivity contribution in [2.45, 2.75) is 77.4 Å². The zero-order valence-electron chi connectivity index (χ0n) is 27.0. The lowest BCUT2D eigenvalue weighted by Gasteiger charge is -2.28. The van der Waals surface area contributed by atoms with Gasteiger partial charge in [-0.2, -0.15) is 0 Å². The highest BCUT2D eigenvalue weighted by Crippen LogP contribution is 2.11. The summed E-state index contributed by atoms with van der Waals surface area (Å²) in [5.74, 6) is -1.60. The first-order chi connectivity index (χ1) is 21.7. The molecule has 0 bridgehead atoms. The lowest BCUT2D eigenvalue weighted by atomic mass is 10.00. The van der Waals surface area contributed by atoms with Crippen LogP contribution in [0.15, 0.2) is 60.7 Å². The number of carbonyl (C=O) groups is 4. The maximum absolute atomic E-state index is 13.7. The Morgan fingerprint density at radius 1 is 0.822 bits per heavy atom. The fourth-order valence-corrected chi connectivity index (χ4v) is 5.14. The lowest BCUT2D eigenvalue weighted by Crippen LogP contribution is -2.57. The van der Waals surface area contributed by atoms with Crippen molar-refractivity contribution < 1.29 is 28.7 Å². The number of rotatable bonds is 18. The molecule has 0 radical (unpaired) electrons.